The summed E-state index contributed by atoms with van der Waals surface area (Å²) in [6.07, 6.45) is -6.32. The van der Waals surface area contributed by atoms with Crippen LogP contribution < -0.4 is 0 Å². The molecule has 0 aromatic heterocycles. The Labute approximate surface area is 72.1 Å². The van der Waals surface area contributed by atoms with Crippen molar-refractivity contribution in [3.8, 4) is 0 Å². The Morgan fingerprint density at radius 2 is 1.73 bits per heavy atom. The summed E-state index contributed by atoms with van der Waals surface area (Å²) in [6.45, 7) is 0. The zero-order valence-electron chi connectivity index (χ0n) is 4.72. The van der Waals surface area contributed by atoms with Crippen LogP contribution in [-0.2, 0) is 0 Å². The average molecular weight is 259 g/mol. The van der Waals surface area contributed by atoms with Gasteiger partial charge in [-0.2, -0.15) is 8.78 Å². The SMILES string of the molecule is FC(F)=C(Br)C(F)(Cl)C(F)F. The molecule has 1 atom stereocenters. The highest BCUT2D eigenvalue weighted by Gasteiger charge is 2.43. The van der Waals surface area contributed by atoms with Crippen LogP contribution in [0.3, 0.4) is 0 Å². The molecule has 0 rings (SSSR count). The first-order valence-corrected chi connectivity index (χ1v) is 3.34. The van der Waals surface area contributed by atoms with Gasteiger partial charge in [-0.3, -0.25) is 0 Å². The number of hydrogen-bond donors (Lipinski definition) is 0. The van der Waals surface area contributed by atoms with Crippen LogP contribution in [0.1, 0.15) is 0 Å². The number of allylic oxidation sites excluding steroid dienone is 1. The van der Waals surface area contributed by atoms with E-state index >= 15 is 0 Å². The van der Waals surface area contributed by atoms with Gasteiger partial charge in [0.15, 0.2) is 0 Å². The predicted octanol–water partition coefficient (Wildman–Crippen LogP) is 3.66. The molecule has 0 aliphatic rings. The third kappa shape index (κ3) is 2.59. The first kappa shape index (κ1) is 11.2. The normalized spacial score (nSPS) is 16.4. The van der Waals surface area contributed by atoms with Gasteiger partial charge in [-0.25, -0.2) is 13.2 Å². The molecule has 0 nitrogen and oxygen atoms in total. The molecule has 0 bridgehead atoms. The van der Waals surface area contributed by atoms with Gasteiger partial charge in [0.2, 0.25) is 0 Å². The zero-order valence-corrected chi connectivity index (χ0v) is 7.07. The number of hydrogen-bond acceptors (Lipinski definition) is 0. The van der Waals surface area contributed by atoms with Crippen molar-refractivity contribution in [3.05, 3.63) is 10.6 Å². The number of alkyl halides is 4. The van der Waals surface area contributed by atoms with E-state index in [0.717, 1.165) is 0 Å². The van der Waals surface area contributed by atoms with Crippen molar-refractivity contribution in [2.75, 3.05) is 0 Å². The average Bonchev–Trinajstić information content (AvgIpc) is 1.85. The minimum absolute atomic E-state index is 1.64. The van der Waals surface area contributed by atoms with Crippen molar-refractivity contribution in [1.29, 1.82) is 0 Å². The maximum absolute atomic E-state index is 12.3. The van der Waals surface area contributed by atoms with Gasteiger partial charge in [-0.05, 0) is 15.9 Å². The fourth-order valence-corrected chi connectivity index (χ4v) is 0.466. The lowest BCUT2D eigenvalue weighted by atomic mass is 10.4. The first-order valence-electron chi connectivity index (χ1n) is 2.17. The summed E-state index contributed by atoms with van der Waals surface area (Å²) in [6, 6.07) is 0. The molecular formula is C4HBrClF5. The summed E-state index contributed by atoms with van der Waals surface area (Å²) < 4.78 is 56.6. The van der Waals surface area contributed by atoms with Gasteiger partial charge >= 0.3 is 0 Å². The molecule has 11 heavy (non-hydrogen) atoms. The zero-order chi connectivity index (χ0) is 9.23. The van der Waals surface area contributed by atoms with Gasteiger partial charge in [-0.15, -0.1) is 0 Å². The molecular weight excluding hydrogens is 258 g/mol. The minimum atomic E-state index is -3.83. The van der Waals surface area contributed by atoms with Crippen molar-refractivity contribution in [1.82, 2.24) is 0 Å². The molecule has 0 aromatic carbocycles. The fourth-order valence-electron chi connectivity index (χ4n) is 0.222. The summed E-state index contributed by atoms with van der Waals surface area (Å²) in [4.78, 5) is 0. The predicted molar refractivity (Wildman–Crippen MR) is 33.9 cm³/mol. The molecule has 1 unspecified atom stereocenters. The van der Waals surface area contributed by atoms with Crippen molar-refractivity contribution in [2.24, 2.45) is 0 Å². The Balaban J connectivity index is 4.70. The van der Waals surface area contributed by atoms with E-state index in [2.05, 4.69) is 11.6 Å². The highest BCUT2D eigenvalue weighted by Crippen LogP contribution is 2.39. The van der Waals surface area contributed by atoms with E-state index in [1.807, 2.05) is 15.9 Å². The third-order valence-electron chi connectivity index (χ3n) is 0.733. The molecule has 0 saturated carbocycles. The van der Waals surface area contributed by atoms with Crippen LogP contribution in [0.5, 0.6) is 0 Å². The summed E-state index contributed by atoms with van der Waals surface area (Å²) in [5.74, 6) is 0. The smallest absolute Gasteiger partial charge is 0.214 e. The van der Waals surface area contributed by atoms with Crippen LogP contribution >= 0.6 is 27.5 Å². The second-order valence-corrected chi connectivity index (χ2v) is 2.84. The van der Waals surface area contributed by atoms with Crippen LogP contribution in [-0.4, -0.2) is 11.6 Å². The summed E-state index contributed by atoms with van der Waals surface area (Å²) in [5, 5.41) is -3.83. The lowest BCUT2D eigenvalue weighted by molar-refractivity contribution is 0.0460. The van der Waals surface area contributed by atoms with E-state index in [4.69, 9.17) is 0 Å². The molecule has 66 valence electrons. The Kier molecular flexibility index (Phi) is 3.76. The monoisotopic (exact) mass is 258 g/mol. The summed E-state index contributed by atoms with van der Waals surface area (Å²) >= 11 is 6.32. The summed E-state index contributed by atoms with van der Waals surface area (Å²) in [7, 11) is 0. The molecule has 0 radical (unpaired) electrons. The van der Waals surface area contributed by atoms with Gasteiger partial charge in [0.25, 0.3) is 17.6 Å². The molecule has 0 amide bonds. The lowest BCUT2D eigenvalue weighted by Crippen LogP contribution is -2.25. The van der Waals surface area contributed by atoms with E-state index in [1.165, 1.54) is 0 Å². The van der Waals surface area contributed by atoms with E-state index in [0.29, 0.717) is 0 Å². The van der Waals surface area contributed by atoms with Crippen LogP contribution in [0.15, 0.2) is 10.6 Å². The lowest BCUT2D eigenvalue weighted by Gasteiger charge is -2.14. The van der Waals surface area contributed by atoms with Gasteiger partial charge in [0.1, 0.15) is 4.48 Å². The molecule has 0 spiro atoms. The standard InChI is InChI=1S/C4HBrClF5/c5-1(2(7)8)4(6,11)3(9)10/h3H. The Hall–Kier alpha value is 0.160. The molecule has 0 N–H and O–H groups in total. The van der Waals surface area contributed by atoms with Crippen LogP contribution in [0.4, 0.5) is 22.0 Å². The van der Waals surface area contributed by atoms with E-state index in [-0.39, 0.29) is 0 Å². The Bertz CT molecular complexity index is 173. The highest BCUT2D eigenvalue weighted by atomic mass is 79.9. The van der Waals surface area contributed by atoms with Crippen LogP contribution in [0, 0.1) is 0 Å². The van der Waals surface area contributed by atoms with Gasteiger partial charge in [0, 0.05) is 0 Å². The molecule has 0 aromatic rings. The fraction of sp³-hybridized carbons (Fsp3) is 0.500. The van der Waals surface area contributed by atoms with Crippen molar-refractivity contribution < 1.29 is 22.0 Å². The van der Waals surface area contributed by atoms with Crippen LogP contribution in [0.25, 0.3) is 0 Å². The molecule has 0 saturated heterocycles. The molecule has 0 aliphatic heterocycles. The minimum Gasteiger partial charge on any atom is -0.214 e. The Morgan fingerprint density at radius 1 is 1.36 bits per heavy atom. The maximum atomic E-state index is 12.3. The van der Waals surface area contributed by atoms with Crippen molar-refractivity contribution in [3.63, 3.8) is 0 Å². The molecule has 0 heterocycles. The Morgan fingerprint density at radius 3 is 1.82 bits per heavy atom. The van der Waals surface area contributed by atoms with Gasteiger partial charge in [0.05, 0.1) is 0 Å². The van der Waals surface area contributed by atoms with Gasteiger partial charge in [-0.1, -0.05) is 11.6 Å². The van der Waals surface area contributed by atoms with E-state index in [1.54, 1.807) is 0 Å². The molecule has 0 fully saturated rings. The largest absolute Gasteiger partial charge is 0.291 e. The van der Waals surface area contributed by atoms with E-state index in [9.17, 15) is 22.0 Å². The van der Waals surface area contributed by atoms with Crippen molar-refractivity contribution in [2.45, 2.75) is 11.6 Å². The molecule has 7 heteroatoms. The molecule has 0 aliphatic carbocycles. The van der Waals surface area contributed by atoms with E-state index < -0.39 is 22.1 Å². The van der Waals surface area contributed by atoms with Gasteiger partial charge < -0.3 is 0 Å². The quantitative estimate of drug-likeness (QED) is 0.524. The second-order valence-electron chi connectivity index (χ2n) is 1.50. The number of rotatable bonds is 2. The first-order chi connectivity index (χ1) is 4.80. The number of halogens is 7. The third-order valence-corrected chi connectivity index (χ3v) is 2.19. The summed E-state index contributed by atoms with van der Waals surface area (Å²) in [5.41, 5.74) is 0. The second kappa shape index (κ2) is 3.71. The van der Waals surface area contributed by atoms with Crippen LogP contribution in [0.2, 0.25) is 0 Å². The van der Waals surface area contributed by atoms with Crippen molar-refractivity contribution >= 4 is 27.5 Å². The highest BCUT2D eigenvalue weighted by molar-refractivity contribution is 9.11. The maximum Gasteiger partial charge on any atom is 0.291 e. The topological polar surface area (TPSA) is 0 Å².